The zero-order valence-electron chi connectivity index (χ0n) is 21.7. The number of carbonyl (C=O) groups is 1. The lowest BCUT2D eigenvalue weighted by Gasteiger charge is -2.25. The zero-order chi connectivity index (χ0) is 29.9. The fourth-order valence-electron chi connectivity index (χ4n) is 3.80. The van der Waals surface area contributed by atoms with Gasteiger partial charge < -0.3 is 5.32 Å². The molecule has 4 aromatic carbocycles. The van der Waals surface area contributed by atoms with E-state index in [1.165, 1.54) is 66.7 Å². The molecular weight excluding hydrogens is 629 g/mol. The van der Waals surface area contributed by atoms with Crippen LogP contribution in [0.3, 0.4) is 0 Å². The fraction of sp³-hybridized carbons (Fsp3) is 0.107. The predicted molar refractivity (Wildman–Crippen MR) is 164 cm³/mol. The van der Waals surface area contributed by atoms with E-state index in [9.17, 15) is 21.6 Å². The van der Waals surface area contributed by atoms with Crippen LogP contribution in [-0.2, 0) is 24.8 Å². The number of carbonyl (C=O) groups excluding carboxylic acids is 1. The standard InChI is InChI=1S/C28H24Cl3N3O5S2/c1-18-3-8-25(13-19(18)2)34(41(38,39)27-9-4-20(29)5-10-27)17-28(35)32-23-6-11-26(12-7-23)40(36,37)33-24-15-21(30)14-22(31)16-24/h3-16,33H,17H2,1-2H3,(H,32,35). The van der Waals surface area contributed by atoms with Crippen LogP contribution in [0.2, 0.25) is 15.1 Å². The van der Waals surface area contributed by atoms with Crippen molar-refractivity contribution in [3.63, 3.8) is 0 Å². The molecule has 0 unspecified atom stereocenters. The Morgan fingerprint density at radius 1 is 0.683 bits per heavy atom. The smallest absolute Gasteiger partial charge is 0.264 e. The molecule has 214 valence electrons. The van der Waals surface area contributed by atoms with Gasteiger partial charge in [0.1, 0.15) is 6.54 Å². The minimum absolute atomic E-state index is 0.0315. The Balaban J connectivity index is 1.55. The Bertz CT molecular complexity index is 1790. The number of amides is 1. The number of nitrogens with zero attached hydrogens (tertiary/aromatic N) is 1. The summed E-state index contributed by atoms with van der Waals surface area (Å²) in [6.07, 6.45) is 0. The SMILES string of the molecule is Cc1ccc(N(CC(=O)Nc2ccc(S(=O)(=O)Nc3cc(Cl)cc(Cl)c3)cc2)S(=O)(=O)c2ccc(Cl)cc2)cc1C. The van der Waals surface area contributed by atoms with Gasteiger partial charge in [-0.05, 0) is 104 Å². The van der Waals surface area contributed by atoms with Gasteiger partial charge in [-0.2, -0.15) is 0 Å². The molecule has 0 spiro atoms. The molecular formula is C28H24Cl3N3O5S2. The van der Waals surface area contributed by atoms with Gasteiger partial charge in [-0.3, -0.25) is 13.8 Å². The van der Waals surface area contributed by atoms with Crippen LogP contribution < -0.4 is 14.3 Å². The summed E-state index contributed by atoms with van der Waals surface area (Å²) in [6.45, 7) is 3.20. The van der Waals surface area contributed by atoms with Crippen molar-refractivity contribution in [3.8, 4) is 0 Å². The van der Waals surface area contributed by atoms with Crippen LogP contribution in [0.5, 0.6) is 0 Å². The second kappa shape index (κ2) is 12.3. The summed E-state index contributed by atoms with van der Waals surface area (Å²) in [7, 11) is -8.13. The van der Waals surface area contributed by atoms with E-state index in [2.05, 4.69) is 10.0 Å². The third-order valence-electron chi connectivity index (χ3n) is 6.03. The maximum atomic E-state index is 13.6. The van der Waals surface area contributed by atoms with Gasteiger partial charge in [0.05, 0.1) is 21.2 Å². The van der Waals surface area contributed by atoms with Crippen LogP contribution >= 0.6 is 34.8 Å². The minimum atomic E-state index is -4.14. The number of sulfonamides is 2. The van der Waals surface area contributed by atoms with Gasteiger partial charge >= 0.3 is 0 Å². The first kappa shape index (κ1) is 30.7. The maximum Gasteiger partial charge on any atom is 0.264 e. The molecule has 0 bridgehead atoms. The highest BCUT2D eigenvalue weighted by Gasteiger charge is 2.28. The van der Waals surface area contributed by atoms with Crippen LogP contribution in [0.15, 0.2) is 94.7 Å². The predicted octanol–water partition coefficient (Wildman–Crippen LogP) is 6.90. The summed E-state index contributed by atoms with van der Waals surface area (Å²) in [5.41, 5.74) is 2.58. The Kier molecular flexibility index (Phi) is 9.20. The van der Waals surface area contributed by atoms with Gasteiger partial charge in [-0.15, -0.1) is 0 Å². The zero-order valence-corrected chi connectivity index (χ0v) is 25.6. The molecule has 0 saturated carbocycles. The molecule has 0 aliphatic carbocycles. The maximum absolute atomic E-state index is 13.6. The second-order valence-corrected chi connectivity index (χ2v) is 13.9. The second-order valence-electron chi connectivity index (χ2n) is 9.07. The largest absolute Gasteiger partial charge is 0.325 e. The number of aryl methyl sites for hydroxylation is 2. The van der Waals surface area contributed by atoms with Crippen LogP contribution in [-0.4, -0.2) is 29.3 Å². The van der Waals surface area contributed by atoms with Crippen LogP contribution in [0, 0.1) is 13.8 Å². The number of hydrogen-bond donors (Lipinski definition) is 2. The molecule has 0 saturated heterocycles. The Morgan fingerprint density at radius 2 is 1.27 bits per heavy atom. The van der Waals surface area contributed by atoms with E-state index >= 15 is 0 Å². The van der Waals surface area contributed by atoms with Crippen molar-refractivity contribution in [1.29, 1.82) is 0 Å². The van der Waals surface area contributed by atoms with Crippen LogP contribution in [0.4, 0.5) is 17.1 Å². The Labute approximate surface area is 254 Å². The quantitative estimate of drug-likeness (QED) is 0.204. The summed E-state index contributed by atoms with van der Waals surface area (Å²) in [5, 5.41) is 3.53. The molecule has 4 aromatic rings. The summed E-state index contributed by atoms with van der Waals surface area (Å²) < 4.78 is 56.2. The number of benzene rings is 4. The number of anilines is 3. The van der Waals surface area contributed by atoms with Gasteiger partial charge in [-0.25, -0.2) is 16.8 Å². The van der Waals surface area contributed by atoms with Crippen molar-refractivity contribution in [2.45, 2.75) is 23.6 Å². The molecule has 2 N–H and O–H groups in total. The molecule has 0 radical (unpaired) electrons. The molecule has 1 amide bonds. The molecule has 0 aromatic heterocycles. The summed E-state index contributed by atoms with van der Waals surface area (Å²) in [5.74, 6) is -0.636. The monoisotopic (exact) mass is 651 g/mol. The fourth-order valence-corrected chi connectivity index (χ4v) is 6.91. The van der Waals surface area contributed by atoms with Crippen molar-refractivity contribution >= 4 is 77.8 Å². The van der Waals surface area contributed by atoms with Gasteiger partial charge in [0.25, 0.3) is 20.0 Å². The van der Waals surface area contributed by atoms with E-state index in [0.717, 1.165) is 15.4 Å². The molecule has 8 nitrogen and oxygen atoms in total. The van der Waals surface area contributed by atoms with Crippen molar-refractivity contribution in [1.82, 2.24) is 0 Å². The first-order chi connectivity index (χ1) is 19.2. The highest BCUT2D eigenvalue weighted by molar-refractivity contribution is 7.93. The summed E-state index contributed by atoms with van der Waals surface area (Å²) in [6, 6.07) is 20.4. The van der Waals surface area contributed by atoms with Gasteiger partial charge in [-0.1, -0.05) is 40.9 Å². The third kappa shape index (κ3) is 7.52. The normalized spacial score (nSPS) is 11.6. The molecule has 0 fully saturated rings. The van der Waals surface area contributed by atoms with E-state index in [-0.39, 0.29) is 31.2 Å². The number of halogens is 3. The minimum Gasteiger partial charge on any atom is -0.325 e. The van der Waals surface area contributed by atoms with E-state index in [4.69, 9.17) is 34.8 Å². The summed E-state index contributed by atoms with van der Waals surface area (Å²) >= 11 is 17.8. The first-order valence-corrected chi connectivity index (χ1v) is 16.0. The first-order valence-electron chi connectivity index (χ1n) is 12.0. The third-order valence-corrected chi connectivity index (χ3v) is 9.90. The molecule has 0 atom stereocenters. The molecule has 0 heterocycles. The molecule has 0 aliphatic heterocycles. The molecule has 13 heteroatoms. The highest BCUT2D eigenvalue weighted by atomic mass is 35.5. The number of rotatable bonds is 9. The Hall–Kier alpha value is -3.28. The van der Waals surface area contributed by atoms with E-state index in [1.807, 2.05) is 13.8 Å². The molecule has 41 heavy (non-hydrogen) atoms. The van der Waals surface area contributed by atoms with E-state index < -0.39 is 32.5 Å². The lowest BCUT2D eigenvalue weighted by molar-refractivity contribution is -0.114. The topological polar surface area (TPSA) is 113 Å². The van der Waals surface area contributed by atoms with E-state index in [1.54, 1.807) is 18.2 Å². The van der Waals surface area contributed by atoms with Crippen LogP contribution in [0.25, 0.3) is 0 Å². The van der Waals surface area contributed by atoms with E-state index in [0.29, 0.717) is 10.7 Å². The van der Waals surface area contributed by atoms with Crippen molar-refractivity contribution in [2.24, 2.45) is 0 Å². The molecule has 0 aliphatic rings. The average molecular weight is 653 g/mol. The van der Waals surface area contributed by atoms with Gasteiger partial charge in [0.2, 0.25) is 5.91 Å². The summed E-state index contributed by atoms with van der Waals surface area (Å²) in [4.78, 5) is 13.0. The lowest BCUT2D eigenvalue weighted by atomic mass is 10.1. The van der Waals surface area contributed by atoms with Gasteiger partial charge in [0.15, 0.2) is 0 Å². The molecule has 4 rings (SSSR count). The number of nitrogens with one attached hydrogen (secondary N) is 2. The van der Waals surface area contributed by atoms with Gasteiger partial charge in [0, 0.05) is 20.8 Å². The van der Waals surface area contributed by atoms with Crippen molar-refractivity contribution in [3.05, 3.63) is 111 Å². The van der Waals surface area contributed by atoms with Crippen molar-refractivity contribution in [2.75, 3.05) is 20.9 Å². The Morgan fingerprint density at radius 3 is 1.85 bits per heavy atom. The highest BCUT2D eigenvalue weighted by Crippen LogP contribution is 2.28. The average Bonchev–Trinajstić information content (AvgIpc) is 2.88. The number of hydrogen-bond acceptors (Lipinski definition) is 5. The van der Waals surface area contributed by atoms with Crippen LogP contribution in [0.1, 0.15) is 11.1 Å². The van der Waals surface area contributed by atoms with Crippen molar-refractivity contribution < 1.29 is 21.6 Å². The lowest BCUT2D eigenvalue weighted by Crippen LogP contribution is -2.38.